The summed E-state index contributed by atoms with van der Waals surface area (Å²) in [6.45, 7) is 4.33. The normalized spacial score (nSPS) is 26.4. The lowest BCUT2D eigenvalue weighted by Crippen LogP contribution is -2.34. The molecule has 2 rings (SSSR count). The number of rotatable bonds is 4. The number of ether oxygens (including phenoxy) is 2. The van der Waals surface area contributed by atoms with Gasteiger partial charge in [-0.3, -0.25) is 10.1 Å². The van der Waals surface area contributed by atoms with Gasteiger partial charge in [-0.2, -0.15) is 0 Å². The summed E-state index contributed by atoms with van der Waals surface area (Å²) >= 11 is 0. The number of nitro benzene ring substituents is 1. The summed E-state index contributed by atoms with van der Waals surface area (Å²) in [4.78, 5) is 10.3. The highest BCUT2D eigenvalue weighted by Crippen LogP contribution is 2.25. The Hall–Kier alpha value is -1.66. The van der Waals surface area contributed by atoms with Gasteiger partial charge in [0.15, 0.2) is 0 Å². The standard InChI is InChI=1S/C14H20N2O4/c1-9-5-13(6-10(2)20-9)19-8-11-7-12(16(17)18)3-4-14(11)15/h3-4,7,9-10,13H,5-6,8,15H2,1-2H3. The zero-order valence-corrected chi connectivity index (χ0v) is 11.7. The lowest BCUT2D eigenvalue weighted by atomic mass is 10.0. The topological polar surface area (TPSA) is 87.6 Å². The van der Waals surface area contributed by atoms with Gasteiger partial charge in [-0.15, -0.1) is 0 Å². The lowest BCUT2D eigenvalue weighted by Gasteiger charge is -2.32. The Morgan fingerprint density at radius 3 is 2.65 bits per heavy atom. The molecule has 1 aliphatic rings. The first-order chi connectivity index (χ1) is 9.45. The fourth-order valence-electron chi connectivity index (χ4n) is 2.52. The second-order valence-corrected chi connectivity index (χ2v) is 5.30. The number of non-ortho nitro benzene ring substituents is 1. The number of hydrogen-bond donors (Lipinski definition) is 1. The summed E-state index contributed by atoms with van der Waals surface area (Å²) in [6.07, 6.45) is 2.11. The van der Waals surface area contributed by atoms with E-state index in [0.29, 0.717) is 11.3 Å². The lowest BCUT2D eigenvalue weighted by molar-refractivity contribution is -0.384. The predicted molar refractivity (Wildman–Crippen MR) is 75.3 cm³/mol. The summed E-state index contributed by atoms with van der Waals surface area (Å²) in [7, 11) is 0. The van der Waals surface area contributed by atoms with Crippen LogP contribution in [-0.2, 0) is 16.1 Å². The first kappa shape index (κ1) is 14.7. The quantitative estimate of drug-likeness (QED) is 0.520. The summed E-state index contributed by atoms with van der Waals surface area (Å²) in [5, 5.41) is 10.8. The van der Waals surface area contributed by atoms with Gasteiger partial charge < -0.3 is 15.2 Å². The van der Waals surface area contributed by atoms with Crippen molar-refractivity contribution in [2.24, 2.45) is 0 Å². The van der Waals surface area contributed by atoms with E-state index in [1.165, 1.54) is 12.1 Å². The van der Waals surface area contributed by atoms with E-state index in [1.807, 2.05) is 13.8 Å². The van der Waals surface area contributed by atoms with Crippen molar-refractivity contribution in [3.05, 3.63) is 33.9 Å². The molecular weight excluding hydrogens is 260 g/mol. The molecule has 0 aliphatic carbocycles. The van der Waals surface area contributed by atoms with Crippen LogP contribution >= 0.6 is 0 Å². The molecule has 6 nitrogen and oxygen atoms in total. The minimum atomic E-state index is -0.429. The van der Waals surface area contributed by atoms with Crippen molar-refractivity contribution in [2.75, 3.05) is 5.73 Å². The molecule has 0 saturated carbocycles. The molecule has 1 heterocycles. The van der Waals surface area contributed by atoms with E-state index in [9.17, 15) is 10.1 Å². The molecule has 2 atom stereocenters. The van der Waals surface area contributed by atoms with Crippen molar-refractivity contribution < 1.29 is 14.4 Å². The fraction of sp³-hybridized carbons (Fsp3) is 0.571. The molecule has 6 heteroatoms. The molecule has 2 N–H and O–H groups in total. The first-order valence-electron chi connectivity index (χ1n) is 6.75. The number of anilines is 1. The van der Waals surface area contributed by atoms with Crippen molar-refractivity contribution >= 4 is 11.4 Å². The molecule has 110 valence electrons. The largest absolute Gasteiger partial charge is 0.398 e. The third-order valence-corrected chi connectivity index (χ3v) is 3.47. The first-order valence-corrected chi connectivity index (χ1v) is 6.75. The number of nitrogen functional groups attached to an aromatic ring is 1. The summed E-state index contributed by atoms with van der Waals surface area (Å²) in [6, 6.07) is 4.42. The Balaban J connectivity index is 1.99. The number of nitro groups is 1. The van der Waals surface area contributed by atoms with Crippen LogP contribution in [0.5, 0.6) is 0 Å². The van der Waals surface area contributed by atoms with Gasteiger partial charge in [0.1, 0.15) is 0 Å². The minimum absolute atomic E-state index is 0.0338. The zero-order chi connectivity index (χ0) is 14.7. The van der Waals surface area contributed by atoms with Crippen LogP contribution in [0.2, 0.25) is 0 Å². The molecule has 1 fully saturated rings. The SMILES string of the molecule is CC1CC(OCc2cc([N+](=O)[O-])ccc2N)CC(C)O1. The summed E-state index contributed by atoms with van der Waals surface area (Å²) in [5.41, 5.74) is 7.04. The Bertz CT molecular complexity index is 482. The second-order valence-electron chi connectivity index (χ2n) is 5.30. The van der Waals surface area contributed by atoms with E-state index < -0.39 is 4.92 Å². The number of nitrogens with zero attached hydrogens (tertiary/aromatic N) is 1. The fourth-order valence-corrected chi connectivity index (χ4v) is 2.52. The van der Waals surface area contributed by atoms with E-state index in [1.54, 1.807) is 6.07 Å². The van der Waals surface area contributed by atoms with Gasteiger partial charge in [-0.1, -0.05) is 0 Å². The van der Waals surface area contributed by atoms with Crippen LogP contribution < -0.4 is 5.73 Å². The molecular formula is C14H20N2O4. The van der Waals surface area contributed by atoms with Gasteiger partial charge in [0.05, 0.1) is 29.8 Å². The number of hydrogen-bond acceptors (Lipinski definition) is 5. The Morgan fingerprint density at radius 2 is 2.05 bits per heavy atom. The predicted octanol–water partition coefficient (Wildman–Crippen LogP) is 2.65. The van der Waals surface area contributed by atoms with Gasteiger partial charge in [0.2, 0.25) is 0 Å². The molecule has 0 bridgehead atoms. The average Bonchev–Trinajstić information content (AvgIpc) is 2.36. The van der Waals surface area contributed by atoms with Gasteiger partial charge in [0.25, 0.3) is 5.69 Å². The summed E-state index contributed by atoms with van der Waals surface area (Å²) < 4.78 is 11.5. The maximum absolute atomic E-state index is 10.8. The minimum Gasteiger partial charge on any atom is -0.398 e. The molecule has 0 spiro atoms. The number of nitrogens with two attached hydrogens (primary N) is 1. The van der Waals surface area contributed by atoms with Crippen molar-refractivity contribution in [2.45, 2.75) is 51.6 Å². The summed E-state index contributed by atoms with van der Waals surface area (Å²) in [5.74, 6) is 0. The van der Waals surface area contributed by atoms with Crippen LogP contribution in [0, 0.1) is 10.1 Å². The van der Waals surface area contributed by atoms with Crippen LogP contribution in [0.25, 0.3) is 0 Å². The van der Waals surface area contributed by atoms with E-state index in [0.717, 1.165) is 12.8 Å². The maximum atomic E-state index is 10.8. The molecule has 1 aliphatic heterocycles. The van der Waals surface area contributed by atoms with Crippen LogP contribution in [0.1, 0.15) is 32.3 Å². The molecule has 1 aromatic rings. The van der Waals surface area contributed by atoms with Crippen LogP contribution in [0.15, 0.2) is 18.2 Å². The molecule has 0 amide bonds. The van der Waals surface area contributed by atoms with E-state index in [2.05, 4.69) is 0 Å². The van der Waals surface area contributed by atoms with Crippen molar-refractivity contribution in [1.82, 2.24) is 0 Å². The smallest absolute Gasteiger partial charge is 0.269 e. The second kappa shape index (κ2) is 6.19. The van der Waals surface area contributed by atoms with Crippen LogP contribution in [-0.4, -0.2) is 23.2 Å². The highest BCUT2D eigenvalue weighted by molar-refractivity contribution is 5.52. The highest BCUT2D eigenvalue weighted by atomic mass is 16.6. The molecule has 1 saturated heterocycles. The van der Waals surface area contributed by atoms with Gasteiger partial charge in [0, 0.05) is 23.4 Å². The van der Waals surface area contributed by atoms with Crippen molar-refractivity contribution in [1.29, 1.82) is 0 Å². The number of benzene rings is 1. The molecule has 2 unspecified atom stereocenters. The van der Waals surface area contributed by atoms with Crippen LogP contribution in [0.3, 0.4) is 0 Å². The molecule has 20 heavy (non-hydrogen) atoms. The van der Waals surface area contributed by atoms with Gasteiger partial charge in [-0.05, 0) is 32.8 Å². The van der Waals surface area contributed by atoms with E-state index in [4.69, 9.17) is 15.2 Å². The van der Waals surface area contributed by atoms with Gasteiger partial charge in [-0.25, -0.2) is 0 Å². The van der Waals surface area contributed by atoms with Crippen LogP contribution in [0.4, 0.5) is 11.4 Å². The maximum Gasteiger partial charge on any atom is 0.269 e. The van der Waals surface area contributed by atoms with Crippen molar-refractivity contribution in [3.63, 3.8) is 0 Å². The molecule has 0 aromatic heterocycles. The Labute approximate surface area is 118 Å². The molecule has 1 aromatic carbocycles. The van der Waals surface area contributed by atoms with E-state index in [-0.39, 0.29) is 30.6 Å². The van der Waals surface area contributed by atoms with Crippen molar-refractivity contribution in [3.8, 4) is 0 Å². The Kier molecular flexibility index (Phi) is 4.57. The average molecular weight is 280 g/mol. The zero-order valence-electron chi connectivity index (χ0n) is 11.7. The Morgan fingerprint density at radius 1 is 1.40 bits per heavy atom. The third kappa shape index (κ3) is 3.68. The van der Waals surface area contributed by atoms with Gasteiger partial charge >= 0.3 is 0 Å². The third-order valence-electron chi connectivity index (χ3n) is 3.47. The highest BCUT2D eigenvalue weighted by Gasteiger charge is 2.25. The monoisotopic (exact) mass is 280 g/mol. The van der Waals surface area contributed by atoms with E-state index >= 15 is 0 Å². The molecule has 0 radical (unpaired) electrons.